The lowest BCUT2D eigenvalue weighted by Crippen LogP contribution is -2.60. The number of benzene rings is 1. The van der Waals surface area contributed by atoms with Gasteiger partial charge in [-0.3, -0.25) is 28.5 Å². The highest BCUT2D eigenvalue weighted by molar-refractivity contribution is 7.46. The minimum Gasteiger partial charge on any atom is -0.394 e. The molecule has 19 nitrogen and oxygen atoms in total. The summed E-state index contributed by atoms with van der Waals surface area (Å²) in [7, 11) is -4.99. The van der Waals surface area contributed by atoms with Crippen LogP contribution >= 0.6 is 7.82 Å². The average molecular weight is 891 g/mol. The normalized spacial score (nSPS) is 19.9. The second-order valence-electron chi connectivity index (χ2n) is 16.8. The van der Waals surface area contributed by atoms with E-state index in [1.807, 2.05) is 24.5 Å². The number of aryl methyl sites for hydroxylation is 2. The molecule has 1 aromatic carbocycles. The number of hydrogen-bond acceptors (Lipinski definition) is 11. The van der Waals surface area contributed by atoms with Gasteiger partial charge in [-0.25, -0.2) is 9.55 Å². The predicted molar refractivity (Wildman–Crippen MR) is 229 cm³/mol. The van der Waals surface area contributed by atoms with Gasteiger partial charge >= 0.3 is 7.82 Å². The van der Waals surface area contributed by atoms with E-state index in [-0.39, 0.29) is 24.7 Å². The number of aliphatic hydroxyl groups excluding tert-OH is 1. The molecule has 20 heteroatoms. The Balaban J connectivity index is 1.44. The molecule has 3 heterocycles. The molecule has 2 fully saturated rings. The molecule has 8 unspecified atom stereocenters. The molecular formula is C42H67N8O11P. The first-order valence-electron chi connectivity index (χ1n) is 21.7. The summed E-state index contributed by atoms with van der Waals surface area (Å²) in [5.41, 5.74) is 7.76. The van der Waals surface area contributed by atoms with E-state index in [9.17, 15) is 43.4 Å². The van der Waals surface area contributed by atoms with Gasteiger partial charge in [0.2, 0.25) is 29.5 Å². The summed E-state index contributed by atoms with van der Waals surface area (Å²) < 4.78 is 23.5. The summed E-state index contributed by atoms with van der Waals surface area (Å²) in [5, 5.41) is 20.9. The standard InChI is InChI=1S/C42H67N8O11P/c1-27(2)22-32(46-42(56)35-19-15-21-50(35)29(4)52)39(53)45-33(40(54)47-34(25-51)41(55)48-36(37-38(43)60-37)28(3)61-62(57,58)59)23-31-24-44-26-49(31)20-14-9-7-5-6-8-11-16-30-17-12-10-13-18-30/h10,12-13,17-18,24,26-28,32-38,51H,5-9,11,14-16,19-23,25,43H2,1-4H3,(H,45,53)(H,46,56)(H,47,54)(H,48,55)(H2,57,58,59). The highest BCUT2D eigenvalue weighted by Gasteiger charge is 2.48. The number of unbranched alkanes of at least 4 members (excludes halogenated alkanes) is 6. The maximum absolute atomic E-state index is 14.1. The minimum atomic E-state index is -4.99. The number of carbonyl (C=O) groups is 5. The number of aromatic nitrogens is 2. The van der Waals surface area contributed by atoms with E-state index >= 15 is 0 Å². The third-order valence-electron chi connectivity index (χ3n) is 11.2. The minimum absolute atomic E-state index is 0.0579. The second-order valence-corrected chi connectivity index (χ2v) is 18.0. The number of aliphatic hydroxyl groups is 1. The molecule has 0 bridgehead atoms. The lowest BCUT2D eigenvalue weighted by molar-refractivity contribution is -0.138. The summed E-state index contributed by atoms with van der Waals surface area (Å²) in [6.45, 7) is 6.58. The number of nitrogens with one attached hydrogen (secondary N) is 4. The van der Waals surface area contributed by atoms with Gasteiger partial charge in [0.05, 0.1) is 25.1 Å². The van der Waals surface area contributed by atoms with Crippen LogP contribution in [-0.4, -0.2) is 121 Å². The molecule has 0 radical (unpaired) electrons. The second kappa shape index (κ2) is 24.6. The van der Waals surface area contributed by atoms with Crippen molar-refractivity contribution in [3.63, 3.8) is 0 Å². The number of carbonyl (C=O) groups excluding carboxylic acids is 5. The Morgan fingerprint density at radius 3 is 2.13 bits per heavy atom. The van der Waals surface area contributed by atoms with Crippen molar-refractivity contribution in [3.8, 4) is 0 Å². The first kappa shape index (κ1) is 50.4. The van der Waals surface area contributed by atoms with Crippen molar-refractivity contribution >= 4 is 37.4 Å². The summed E-state index contributed by atoms with van der Waals surface area (Å²) >= 11 is 0. The molecule has 346 valence electrons. The van der Waals surface area contributed by atoms with Crippen LogP contribution in [-0.2, 0) is 57.2 Å². The van der Waals surface area contributed by atoms with E-state index < -0.39 is 86.7 Å². The molecule has 2 aromatic rings. The van der Waals surface area contributed by atoms with Crippen molar-refractivity contribution in [2.75, 3.05) is 13.2 Å². The molecule has 9 N–H and O–H groups in total. The topological polar surface area (TPSA) is 280 Å². The fraction of sp³-hybridized carbons (Fsp3) is 0.667. The number of nitrogens with two attached hydrogens (primary N) is 1. The molecule has 0 spiro atoms. The summed E-state index contributed by atoms with van der Waals surface area (Å²) in [6, 6.07) is 4.57. The van der Waals surface area contributed by atoms with Crippen LogP contribution in [0, 0.1) is 5.92 Å². The van der Waals surface area contributed by atoms with Crippen LogP contribution in [0.4, 0.5) is 0 Å². The van der Waals surface area contributed by atoms with Gasteiger partial charge < -0.3 is 56.1 Å². The Morgan fingerprint density at radius 1 is 0.903 bits per heavy atom. The molecular weight excluding hydrogens is 823 g/mol. The summed E-state index contributed by atoms with van der Waals surface area (Å²) in [4.78, 5) is 91.9. The Kier molecular flexibility index (Phi) is 20.0. The zero-order chi connectivity index (χ0) is 45.4. The van der Waals surface area contributed by atoms with Gasteiger partial charge in [0.15, 0.2) is 0 Å². The fourth-order valence-corrected chi connectivity index (χ4v) is 8.41. The molecule has 1 aromatic heterocycles. The highest BCUT2D eigenvalue weighted by atomic mass is 31.2. The lowest BCUT2D eigenvalue weighted by atomic mass is 10.0. The number of imidazole rings is 1. The van der Waals surface area contributed by atoms with Crippen molar-refractivity contribution in [1.29, 1.82) is 0 Å². The monoisotopic (exact) mass is 890 g/mol. The van der Waals surface area contributed by atoms with Gasteiger partial charge in [0.25, 0.3) is 0 Å². The van der Waals surface area contributed by atoms with Crippen molar-refractivity contribution in [2.45, 2.75) is 160 Å². The summed E-state index contributed by atoms with van der Waals surface area (Å²) in [5.74, 6) is -3.22. The van der Waals surface area contributed by atoms with E-state index in [1.54, 1.807) is 12.5 Å². The van der Waals surface area contributed by atoms with Crippen LogP contribution < -0.4 is 27.0 Å². The number of phosphoric ester groups is 1. The van der Waals surface area contributed by atoms with Crippen LogP contribution in [0.2, 0.25) is 0 Å². The number of phosphoric acid groups is 1. The quantitative estimate of drug-likeness (QED) is 0.0360. The zero-order valence-electron chi connectivity index (χ0n) is 36.3. The zero-order valence-corrected chi connectivity index (χ0v) is 37.2. The Labute approximate surface area is 363 Å². The van der Waals surface area contributed by atoms with Crippen LogP contribution in [0.1, 0.15) is 103 Å². The average Bonchev–Trinajstić information content (AvgIpc) is 3.52. The van der Waals surface area contributed by atoms with Crippen LogP contribution in [0.3, 0.4) is 0 Å². The molecule has 5 amide bonds. The van der Waals surface area contributed by atoms with Gasteiger partial charge in [0, 0.05) is 38.3 Å². The third-order valence-corrected chi connectivity index (χ3v) is 11.8. The fourth-order valence-electron chi connectivity index (χ4n) is 7.84. The van der Waals surface area contributed by atoms with Crippen molar-refractivity contribution in [2.24, 2.45) is 11.7 Å². The molecule has 8 atom stereocenters. The maximum atomic E-state index is 14.1. The molecule has 0 aliphatic carbocycles. The molecule has 2 saturated heterocycles. The number of epoxide rings is 1. The van der Waals surface area contributed by atoms with Gasteiger partial charge in [-0.2, -0.15) is 0 Å². The van der Waals surface area contributed by atoms with E-state index in [1.165, 1.54) is 30.7 Å². The highest BCUT2D eigenvalue weighted by Crippen LogP contribution is 2.39. The Hall–Kier alpha value is -4.23. The Morgan fingerprint density at radius 2 is 1.52 bits per heavy atom. The van der Waals surface area contributed by atoms with E-state index in [0.29, 0.717) is 31.6 Å². The molecule has 2 aliphatic rings. The van der Waals surface area contributed by atoms with E-state index in [4.69, 9.17) is 15.0 Å². The van der Waals surface area contributed by atoms with Gasteiger partial charge in [-0.05, 0) is 56.9 Å². The SMILES string of the molecule is CC(=O)N1CCCC1C(=O)NC(CC(C)C)C(=O)NC(Cc1cncn1CCCCCCCCCc1ccccc1)C(=O)NC(CO)C(=O)NC(C(C)OP(=O)(O)O)C1OC1N. The molecule has 4 rings (SSSR count). The molecule has 0 saturated carbocycles. The first-order chi connectivity index (χ1) is 29.5. The molecule has 62 heavy (non-hydrogen) atoms. The van der Waals surface area contributed by atoms with Crippen LogP contribution in [0.15, 0.2) is 42.9 Å². The third kappa shape index (κ3) is 16.5. The number of ether oxygens (including phenoxy) is 1. The maximum Gasteiger partial charge on any atom is 0.469 e. The van der Waals surface area contributed by atoms with E-state index in [2.05, 4.69) is 50.5 Å². The number of nitrogens with zero attached hydrogens (tertiary/aromatic N) is 3. The molecule has 2 aliphatic heterocycles. The van der Waals surface area contributed by atoms with Crippen LogP contribution in [0.5, 0.6) is 0 Å². The summed E-state index contributed by atoms with van der Waals surface area (Å²) in [6.07, 6.45) is 10.0. The van der Waals surface area contributed by atoms with Crippen molar-refractivity contribution in [3.05, 3.63) is 54.1 Å². The van der Waals surface area contributed by atoms with Gasteiger partial charge in [0.1, 0.15) is 36.5 Å². The van der Waals surface area contributed by atoms with Gasteiger partial charge in [-0.15, -0.1) is 0 Å². The number of hydrogen-bond donors (Lipinski definition) is 8. The predicted octanol–water partition coefficient (Wildman–Crippen LogP) is 1.57. The first-order valence-corrected chi connectivity index (χ1v) is 23.3. The lowest BCUT2D eigenvalue weighted by Gasteiger charge is -2.29. The van der Waals surface area contributed by atoms with Crippen molar-refractivity contribution < 1.29 is 52.7 Å². The largest absolute Gasteiger partial charge is 0.469 e. The van der Waals surface area contributed by atoms with E-state index in [0.717, 1.165) is 44.9 Å². The van der Waals surface area contributed by atoms with Gasteiger partial charge in [-0.1, -0.05) is 76.3 Å². The van der Waals surface area contributed by atoms with Crippen LogP contribution in [0.25, 0.3) is 0 Å². The Bertz CT molecular complexity index is 1810. The number of likely N-dealkylation sites (tertiary alicyclic amines) is 1. The smallest absolute Gasteiger partial charge is 0.394 e. The van der Waals surface area contributed by atoms with Crippen molar-refractivity contribution in [1.82, 2.24) is 35.7 Å². The number of rotatable bonds is 27. The number of amides is 5.